The number of fused-ring (bicyclic) bond motifs is 5. The average molecular weight is 374 g/mol. The molecule has 148 valence electrons. The van der Waals surface area contributed by atoms with Crippen LogP contribution in [0.5, 0.6) is 0 Å². The van der Waals surface area contributed by atoms with Crippen molar-refractivity contribution in [1.82, 2.24) is 0 Å². The zero-order valence-corrected chi connectivity index (χ0v) is 16.4. The molecule has 1 unspecified atom stereocenters. The molecule has 3 N–H and O–H groups in total. The predicted molar refractivity (Wildman–Crippen MR) is 99.7 cm³/mol. The second kappa shape index (κ2) is 5.85. The number of carbonyl (C=O) groups excluding carboxylic acids is 2. The SMILES string of the molecule is CC1=C[C@@H]2[C@H](CC[C@@]3(C)[C@H]2CC[C@]3(O)C(=O)CO)[C@@]2(C)CC(O)C(=O)C=C12. The van der Waals surface area contributed by atoms with E-state index in [4.69, 9.17) is 0 Å². The molecule has 4 aliphatic rings. The molecule has 0 radical (unpaired) electrons. The number of ketones is 2. The smallest absolute Gasteiger partial charge is 0.190 e. The van der Waals surface area contributed by atoms with Crippen molar-refractivity contribution < 1.29 is 24.9 Å². The third-order valence-electron chi connectivity index (χ3n) is 8.62. The highest BCUT2D eigenvalue weighted by molar-refractivity contribution is 5.96. The Hall–Kier alpha value is -1.30. The molecule has 27 heavy (non-hydrogen) atoms. The number of carbonyl (C=O) groups is 2. The Balaban J connectivity index is 1.78. The van der Waals surface area contributed by atoms with E-state index in [1.54, 1.807) is 6.08 Å². The van der Waals surface area contributed by atoms with Crippen LogP contribution in [0.25, 0.3) is 0 Å². The Morgan fingerprint density at radius 3 is 2.56 bits per heavy atom. The molecule has 0 bridgehead atoms. The predicted octanol–water partition coefficient (Wildman–Crippen LogP) is 1.95. The van der Waals surface area contributed by atoms with Gasteiger partial charge >= 0.3 is 0 Å². The zero-order valence-electron chi connectivity index (χ0n) is 16.4. The Morgan fingerprint density at radius 1 is 1.22 bits per heavy atom. The van der Waals surface area contributed by atoms with Crippen molar-refractivity contribution in [3.05, 3.63) is 23.3 Å². The minimum Gasteiger partial charge on any atom is -0.388 e. The maximum Gasteiger partial charge on any atom is 0.190 e. The molecular formula is C22H30O5. The van der Waals surface area contributed by atoms with Gasteiger partial charge in [0.1, 0.15) is 18.3 Å². The summed E-state index contributed by atoms with van der Waals surface area (Å²) in [6.07, 6.45) is 6.04. The fraction of sp³-hybridized carbons (Fsp3) is 0.727. The topological polar surface area (TPSA) is 94.8 Å². The first-order valence-electron chi connectivity index (χ1n) is 10.1. The summed E-state index contributed by atoms with van der Waals surface area (Å²) in [5.41, 5.74) is -0.154. The third kappa shape index (κ3) is 2.28. The van der Waals surface area contributed by atoms with E-state index >= 15 is 0 Å². The molecule has 0 aromatic heterocycles. The summed E-state index contributed by atoms with van der Waals surface area (Å²) in [6, 6.07) is 0. The van der Waals surface area contributed by atoms with Gasteiger partial charge in [0, 0.05) is 5.41 Å². The molecule has 0 heterocycles. The van der Waals surface area contributed by atoms with Gasteiger partial charge in [0.15, 0.2) is 11.6 Å². The summed E-state index contributed by atoms with van der Waals surface area (Å²) in [5, 5.41) is 30.9. The summed E-state index contributed by atoms with van der Waals surface area (Å²) in [6.45, 7) is 5.56. The molecule has 0 aromatic carbocycles. The van der Waals surface area contributed by atoms with E-state index in [1.165, 1.54) is 0 Å². The molecule has 7 atom stereocenters. The molecule has 2 fully saturated rings. The number of aliphatic hydroxyl groups excluding tert-OH is 2. The van der Waals surface area contributed by atoms with Crippen molar-refractivity contribution in [2.24, 2.45) is 28.6 Å². The van der Waals surface area contributed by atoms with Crippen LogP contribution >= 0.6 is 0 Å². The maximum atomic E-state index is 12.4. The number of hydrogen-bond acceptors (Lipinski definition) is 5. The summed E-state index contributed by atoms with van der Waals surface area (Å²) in [7, 11) is 0. The van der Waals surface area contributed by atoms with E-state index in [2.05, 4.69) is 13.0 Å². The van der Waals surface area contributed by atoms with Gasteiger partial charge in [0.25, 0.3) is 0 Å². The molecule has 0 spiro atoms. The standard InChI is InChI=1S/C22H30O5/c1-12-8-13-14(20(2)10-18(25)17(24)9-16(12)20)4-6-21(3)15(13)5-7-22(21,27)19(26)11-23/h8-9,13-15,18,23,25,27H,4-7,10-11H2,1-3H3/t13-,14+,15+,18?,20-,21+,22+/m1/s1. The lowest BCUT2D eigenvalue weighted by Gasteiger charge is -2.58. The Kier molecular flexibility index (Phi) is 4.12. The quantitative estimate of drug-likeness (QED) is 0.687. The van der Waals surface area contributed by atoms with E-state index in [0.29, 0.717) is 19.3 Å². The Bertz CT molecular complexity index is 767. The van der Waals surface area contributed by atoms with Gasteiger partial charge in [-0.15, -0.1) is 0 Å². The van der Waals surface area contributed by atoms with Crippen LogP contribution in [0.15, 0.2) is 23.3 Å². The van der Waals surface area contributed by atoms with Crippen LogP contribution in [0.4, 0.5) is 0 Å². The first-order valence-corrected chi connectivity index (χ1v) is 10.1. The second-order valence-corrected chi connectivity index (χ2v) is 9.67. The first-order chi connectivity index (χ1) is 12.6. The van der Waals surface area contributed by atoms with Crippen molar-refractivity contribution in [1.29, 1.82) is 0 Å². The van der Waals surface area contributed by atoms with Crippen molar-refractivity contribution in [2.75, 3.05) is 6.61 Å². The van der Waals surface area contributed by atoms with Gasteiger partial charge in [-0.05, 0) is 73.8 Å². The van der Waals surface area contributed by atoms with Crippen LogP contribution in [-0.4, -0.2) is 45.2 Å². The van der Waals surface area contributed by atoms with Crippen LogP contribution in [0, 0.1) is 28.6 Å². The van der Waals surface area contributed by atoms with Crippen molar-refractivity contribution in [2.45, 2.75) is 64.6 Å². The van der Waals surface area contributed by atoms with Crippen LogP contribution in [0.2, 0.25) is 0 Å². The van der Waals surface area contributed by atoms with Gasteiger partial charge < -0.3 is 15.3 Å². The van der Waals surface area contributed by atoms with Crippen LogP contribution in [0.1, 0.15) is 52.9 Å². The third-order valence-corrected chi connectivity index (χ3v) is 8.62. The zero-order chi connectivity index (χ0) is 19.8. The highest BCUT2D eigenvalue weighted by Crippen LogP contribution is 2.67. The number of rotatable bonds is 2. The lowest BCUT2D eigenvalue weighted by atomic mass is 9.47. The number of Topliss-reactive ketones (excluding diaryl/α,β-unsaturated/α-hetero) is 1. The van der Waals surface area contributed by atoms with Crippen LogP contribution < -0.4 is 0 Å². The summed E-state index contributed by atoms with van der Waals surface area (Å²) in [5.74, 6) is -0.0439. The van der Waals surface area contributed by atoms with E-state index in [1.807, 2.05) is 13.8 Å². The largest absolute Gasteiger partial charge is 0.388 e. The summed E-state index contributed by atoms with van der Waals surface area (Å²) >= 11 is 0. The number of allylic oxidation sites excluding steroid dienone is 3. The Morgan fingerprint density at radius 2 is 1.89 bits per heavy atom. The highest BCUT2D eigenvalue weighted by atomic mass is 16.3. The van der Waals surface area contributed by atoms with Gasteiger partial charge in [-0.3, -0.25) is 9.59 Å². The van der Waals surface area contributed by atoms with Gasteiger partial charge in [-0.25, -0.2) is 0 Å². The molecule has 0 aliphatic heterocycles. The lowest BCUT2D eigenvalue weighted by Crippen LogP contribution is -2.58. The normalized spacial score (nSPS) is 48.9. The summed E-state index contributed by atoms with van der Waals surface area (Å²) < 4.78 is 0. The summed E-state index contributed by atoms with van der Waals surface area (Å²) in [4.78, 5) is 24.5. The molecule has 0 saturated heterocycles. The van der Waals surface area contributed by atoms with Crippen molar-refractivity contribution >= 4 is 11.6 Å². The molecular weight excluding hydrogens is 344 g/mol. The fourth-order valence-electron chi connectivity index (χ4n) is 7.09. The average Bonchev–Trinajstić information content (AvgIpc) is 2.89. The van der Waals surface area contributed by atoms with E-state index < -0.39 is 29.5 Å². The number of aliphatic hydroxyl groups is 3. The highest BCUT2D eigenvalue weighted by Gasteiger charge is 2.66. The molecule has 5 nitrogen and oxygen atoms in total. The van der Waals surface area contributed by atoms with Gasteiger partial charge in [-0.2, -0.15) is 0 Å². The molecule has 2 saturated carbocycles. The van der Waals surface area contributed by atoms with Gasteiger partial charge in [0.05, 0.1) is 0 Å². The minimum absolute atomic E-state index is 0.153. The minimum atomic E-state index is -1.46. The molecule has 5 heteroatoms. The van der Waals surface area contributed by atoms with Crippen molar-refractivity contribution in [3.8, 4) is 0 Å². The second-order valence-electron chi connectivity index (χ2n) is 9.67. The van der Waals surface area contributed by atoms with Crippen LogP contribution in [0.3, 0.4) is 0 Å². The first kappa shape index (κ1) is 19.0. The van der Waals surface area contributed by atoms with E-state index in [9.17, 15) is 24.9 Å². The van der Waals surface area contributed by atoms with Gasteiger partial charge in [-0.1, -0.05) is 25.5 Å². The maximum absolute atomic E-state index is 12.4. The molecule has 0 aromatic rings. The molecule has 4 aliphatic carbocycles. The van der Waals surface area contributed by atoms with E-state index in [0.717, 1.165) is 24.0 Å². The van der Waals surface area contributed by atoms with Crippen LogP contribution in [-0.2, 0) is 9.59 Å². The van der Waals surface area contributed by atoms with Gasteiger partial charge in [0.2, 0.25) is 0 Å². The molecule has 4 rings (SSSR count). The van der Waals surface area contributed by atoms with E-state index in [-0.39, 0.29) is 29.0 Å². The number of hydrogen-bond donors (Lipinski definition) is 3. The van der Waals surface area contributed by atoms with Crippen molar-refractivity contribution in [3.63, 3.8) is 0 Å². The monoisotopic (exact) mass is 374 g/mol. The fourth-order valence-corrected chi connectivity index (χ4v) is 7.09. The lowest BCUT2D eigenvalue weighted by molar-refractivity contribution is -0.162. The molecule has 0 amide bonds. The Labute approximate surface area is 160 Å².